The number of aliphatic carboxylic acids is 1. The lowest BCUT2D eigenvalue weighted by molar-refractivity contribution is -0.139. The van der Waals surface area contributed by atoms with E-state index in [9.17, 15) is 13.2 Å². The number of benzene rings is 2. The second-order valence-electron chi connectivity index (χ2n) is 7.56. The number of fused-ring (bicyclic) bond motifs is 1. The molecule has 3 aromatic rings. The zero-order valence-corrected chi connectivity index (χ0v) is 20.9. The van der Waals surface area contributed by atoms with E-state index >= 15 is 0 Å². The maximum atomic E-state index is 13.1. The third-order valence-electron chi connectivity index (χ3n) is 5.25. The number of para-hydroxylation sites is 1. The third-order valence-corrected chi connectivity index (χ3v) is 7.57. The van der Waals surface area contributed by atoms with Crippen molar-refractivity contribution in [3.05, 3.63) is 75.4 Å². The van der Waals surface area contributed by atoms with Gasteiger partial charge in [-0.3, -0.25) is 0 Å². The molecule has 2 N–H and O–H groups in total. The average molecular weight is 568 g/mol. The Morgan fingerprint density at radius 1 is 1.21 bits per heavy atom. The van der Waals surface area contributed by atoms with Gasteiger partial charge in [0.2, 0.25) is 15.9 Å². The number of hydrogen-bond acceptors (Lipinski definition) is 6. The Hall–Kier alpha value is -2.66. The summed E-state index contributed by atoms with van der Waals surface area (Å²) in [4.78, 5) is 15.0. The Morgan fingerprint density at radius 2 is 1.97 bits per heavy atom. The Kier molecular flexibility index (Phi) is 7.42. The van der Waals surface area contributed by atoms with Crippen molar-refractivity contribution >= 4 is 43.5 Å². The molecule has 34 heavy (non-hydrogen) atoms. The van der Waals surface area contributed by atoms with Crippen LogP contribution in [0.25, 0.3) is 0 Å². The van der Waals surface area contributed by atoms with Crippen molar-refractivity contribution < 1.29 is 27.8 Å². The lowest BCUT2D eigenvalue weighted by atomic mass is 9.87. The number of carboxylic acids is 1. The number of pyridine rings is 1. The molecule has 1 unspecified atom stereocenters. The zero-order chi connectivity index (χ0) is 24.3. The minimum Gasteiger partial charge on any atom is -0.482 e. The van der Waals surface area contributed by atoms with Gasteiger partial charge < -0.3 is 14.6 Å². The minimum atomic E-state index is -3.92. The molecule has 1 heterocycles. The predicted molar refractivity (Wildman–Crippen MR) is 129 cm³/mol. The maximum Gasteiger partial charge on any atom is 0.341 e. The lowest BCUT2D eigenvalue weighted by Gasteiger charge is -2.27. The molecule has 1 atom stereocenters. The van der Waals surface area contributed by atoms with Crippen molar-refractivity contribution in [2.75, 3.05) is 6.61 Å². The monoisotopic (exact) mass is 566 g/mol. The Morgan fingerprint density at radius 3 is 2.71 bits per heavy atom. The standard InChI is InChI=1S/C23H20BrClN2O6S/c24-17-11-14(12-26-23(17)33-21-9-2-1-7-18(21)25)34(30,31)27-19-8-3-6-16-15(19)5-4-10-20(16)32-13-22(28)29/h1-2,4-5,7,9-12,19,27H,3,6,8,13H2,(H,28,29). The van der Waals surface area contributed by atoms with Gasteiger partial charge in [-0.2, -0.15) is 0 Å². The van der Waals surface area contributed by atoms with Gasteiger partial charge in [-0.25, -0.2) is 22.9 Å². The number of ether oxygens (including phenoxy) is 2. The highest BCUT2D eigenvalue weighted by atomic mass is 79.9. The van der Waals surface area contributed by atoms with Gasteiger partial charge in [0, 0.05) is 6.04 Å². The topological polar surface area (TPSA) is 115 Å². The Balaban J connectivity index is 1.55. The summed E-state index contributed by atoms with van der Waals surface area (Å²) in [6, 6.07) is 13.0. The van der Waals surface area contributed by atoms with E-state index in [1.165, 1.54) is 12.3 Å². The fourth-order valence-electron chi connectivity index (χ4n) is 3.73. The summed E-state index contributed by atoms with van der Waals surface area (Å²) in [7, 11) is -3.92. The number of hydrogen-bond donors (Lipinski definition) is 2. The van der Waals surface area contributed by atoms with Gasteiger partial charge in [-0.05, 0) is 70.6 Å². The van der Waals surface area contributed by atoms with E-state index in [0.717, 1.165) is 17.5 Å². The van der Waals surface area contributed by atoms with Crippen molar-refractivity contribution in [3.8, 4) is 17.4 Å². The highest BCUT2D eigenvalue weighted by Gasteiger charge is 2.28. The van der Waals surface area contributed by atoms with Crippen molar-refractivity contribution in [1.82, 2.24) is 9.71 Å². The molecule has 2 aromatic carbocycles. The fourth-order valence-corrected chi connectivity index (χ4v) is 5.70. The average Bonchev–Trinajstić information content (AvgIpc) is 2.80. The molecular formula is C23H20BrClN2O6S. The molecule has 1 aliphatic carbocycles. The van der Waals surface area contributed by atoms with Crippen LogP contribution in [0.4, 0.5) is 0 Å². The SMILES string of the molecule is O=C(O)COc1cccc2c1CCCC2NS(=O)(=O)c1cnc(Oc2ccccc2Cl)c(Br)c1. The number of aromatic nitrogens is 1. The molecule has 0 fully saturated rings. The van der Waals surface area contributed by atoms with Crippen LogP contribution in [-0.4, -0.2) is 31.1 Å². The minimum absolute atomic E-state index is 0.0312. The first-order valence-corrected chi connectivity index (χ1v) is 13.0. The van der Waals surface area contributed by atoms with Crippen LogP contribution in [0.1, 0.15) is 30.0 Å². The van der Waals surface area contributed by atoms with Crippen LogP contribution in [0.5, 0.6) is 17.4 Å². The van der Waals surface area contributed by atoms with Crippen LogP contribution in [-0.2, 0) is 21.2 Å². The smallest absolute Gasteiger partial charge is 0.341 e. The number of carbonyl (C=O) groups is 1. The molecule has 178 valence electrons. The number of carboxylic acid groups (broad SMARTS) is 1. The van der Waals surface area contributed by atoms with Gasteiger partial charge in [-0.1, -0.05) is 35.9 Å². The molecule has 1 aromatic heterocycles. The first-order chi connectivity index (χ1) is 16.2. The summed E-state index contributed by atoms with van der Waals surface area (Å²) in [5, 5.41) is 9.31. The van der Waals surface area contributed by atoms with E-state index in [2.05, 4.69) is 25.6 Å². The fraction of sp³-hybridized carbons (Fsp3) is 0.217. The molecule has 0 bridgehead atoms. The molecule has 4 rings (SSSR count). The van der Waals surface area contributed by atoms with Gasteiger partial charge in [0.05, 0.1) is 15.7 Å². The van der Waals surface area contributed by atoms with Gasteiger partial charge in [-0.15, -0.1) is 0 Å². The third kappa shape index (κ3) is 5.52. The van der Waals surface area contributed by atoms with Gasteiger partial charge in [0.1, 0.15) is 16.4 Å². The van der Waals surface area contributed by atoms with Crippen LogP contribution in [0.2, 0.25) is 5.02 Å². The molecule has 0 saturated heterocycles. The molecule has 0 aliphatic heterocycles. The molecule has 1 aliphatic rings. The maximum absolute atomic E-state index is 13.1. The summed E-state index contributed by atoms with van der Waals surface area (Å²) >= 11 is 9.44. The van der Waals surface area contributed by atoms with Crippen molar-refractivity contribution in [3.63, 3.8) is 0 Å². The lowest BCUT2D eigenvalue weighted by Crippen LogP contribution is -2.31. The van der Waals surface area contributed by atoms with E-state index in [-0.39, 0.29) is 10.8 Å². The van der Waals surface area contributed by atoms with E-state index in [1.807, 2.05) is 6.07 Å². The molecule has 0 amide bonds. The second-order valence-corrected chi connectivity index (χ2v) is 10.5. The molecule has 11 heteroatoms. The Labute approximate surface area is 210 Å². The van der Waals surface area contributed by atoms with Gasteiger partial charge >= 0.3 is 5.97 Å². The summed E-state index contributed by atoms with van der Waals surface area (Å²) < 4.78 is 40.5. The molecule has 0 saturated carbocycles. The first-order valence-electron chi connectivity index (χ1n) is 10.3. The first kappa shape index (κ1) is 24.5. The zero-order valence-electron chi connectivity index (χ0n) is 17.7. The molecule has 8 nitrogen and oxygen atoms in total. The summed E-state index contributed by atoms with van der Waals surface area (Å²) in [5.41, 5.74) is 1.58. The van der Waals surface area contributed by atoms with E-state index < -0.39 is 28.6 Å². The number of rotatable bonds is 8. The van der Waals surface area contributed by atoms with E-state index in [1.54, 1.807) is 36.4 Å². The quantitative estimate of drug-likeness (QED) is 0.389. The predicted octanol–water partition coefficient (Wildman–Crippen LogP) is 5.11. The molecule has 0 spiro atoms. The Bertz CT molecular complexity index is 1330. The number of nitrogens with zero attached hydrogens (tertiary/aromatic N) is 1. The number of halogens is 2. The van der Waals surface area contributed by atoms with Crippen LogP contribution in [0.15, 0.2) is 64.1 Å². The van der Waals surface area contributed by atoms with E-state index in [4.69, 9.17) is 26.2 Å². The van der Waals surface area contributed by atoms with Crippen molar-refractivity contribution in [2.45, 2.75) is 30.2 Å². The number of sulfonamides is 1. The summed E-state index contributed by atoms with van der Waals surface area (Å²) in [6.07, 6.45) is 3.21. The summed E-state index contributed by atoms with van der Waals surface area (Å²) in [6.45, 7) is -0.463. The summed E-state index contributed by atoms with van der Waals surface area (Å²) in [5.74, 6) is -0.0545. The normalized spacial score (nSPS) is 15.4. The van der Waals surface area contributed by atoms with Crippen molar-refractivity contribution in [1.29, 1.82) is 0 Å². The van der Waals surface area contributed by atoms with Crippen LogP contribution in [0.3, 0.4) is 0 Å². The molecular weight excluding hydrogens is 548 g/mol. The van der Waals surface area contributed by atoms with E-state index in [0.29, 0.717) is 33.8 Å². The van der Waals surface area contributed by atoms with Gasteiger partial charge in [0.15, 0.2) is 6.61 Å². The van der Waals surface area contributed by atoms with Crippen LogP contribution < -0.4 is 14.2 Å². The largest absolute Gasteiger partial charge is 0.482 e. The van der Waals surface area contributed by atoms with Crippen LogP contribution in [0, 0.1) is 0 Å². The van der Waals surface area contributed by atoms with Gasteiger partial charge in [0.25, 0.3) is 0 Å². The van der Waals surface area contributed by atoms with Crippen molar-refractivity contribution in [2.24, 2.45) is 0 Å². The molecule has 0 radical (unpaired) electrons. The van der Waals surface area contributed by atoms with Crippen LogP contribution >= 0.6 is 27.5 Å². The second kappa shape index (κ2) is 10.3. The highest BCUT2D eigenvalue weighted by Crippen LogP contribution is 2.37. The highest BCUT2D eigenvalue weighted by molar-refractivity contribution is 9.10. The number of nitrogens with one attached hydrogen (secondary N) is 1.